The average molecular weight is 374 g/mol. The van der Waals surface area contributed by atoms with Gasteiger partial charge in [-0.15, -0.1) is 0 Å². The van der Waals surface area contributed by atoms with Crippen molar-refractivity contribution < 1.29 is 24.9 Å². The van der Waals surface area contributed by atoms with E-state index in [1.807, 2.05) is 19.9 Å². The van der Waals surface area contributed by atoms with Crippen molar-refractivity contribution in [1.82, 2.24) is 0 Å². The predicted octanol–water partition coefficient (Wildman–Crippen LogP) is 1.80. The lowest BCUT2D eigenvalue weighted by Crippen LogP contribution is -2.62. The monoisotopic (exact) mass is 374 g/mol. The van der Waals surface area contributed by atoms with Crippen molar-refractivity contribution in [3.8, 4) is 0 Å². The zero-order chi connectivity index (χ0) is 19.8. The molecule has 5 nitrogen and oxygen atoms in total. The number of aliphatic hydroxyl groups excluding tert-OH is 2. The standard InChI is InChI=1S/C22H30O5/c1-12-8-16-15-5-4-13-9-14(24)6-7-20(13,2)19(15)17(25)10-21(16,3)22(12,27)18(26)11-23/h6-7,9,12,15-17,19,23,25,27H,4-5,8,10-11H2,1-3H3/t12-,15+,16+,17-,19-,20-,21+,22+/m0/s1. The van der Waals surface area contributed by atoms with Gasteiger partial charge in [-0.1, -0.05) is 32.4 Å². The Hall–Kier alpha value is -1.30. The van der Waals surface area contributed by atoms with Crippen LogP contribution in [-0.4, -0.2) is 45.2 Å². The smallest absolute Gasteiger partial charge is 0.190 e. The van der Waals surface area contributed by atoms with Gasteiger partial charge in [0.15, 0.2) is 11.6 Å². The van der Waals surface area contributed by atoms with E-state index >= 15 is 0 Å². The summed E-state index contributed by atoms with van der Waals surface area (Å²) in [5.74, 6) is -0.539. The van der Waals surface area contributed by atoms with Gasteiger partial charge in [0.2, 0.25) is 0 Å². The third-order valence-corrected chi connectivity index (χ3v) is 8.65. The maximum Gasteiger partial charge on any atom is 0.190 e. The van der Waals surface area contributed by atoms with Crippen molar-refractivity contribution in [3.05, 3.63) is 23.8 Å². The summed E-state index contributed by atoms with van der Waals surface area (Å²) in [7, 11) is 0. The minimum absolute atomic E-state index is 0.00784. The molecule has 148 valence electrons. The molecule has 0 saturated heterocycles. The summed E-state index contributed by atoms with van der Waals surface area (Å²) in [4.78, 5) is 24.4. The molecule has 3 saturated carbocycles. The summed E-state index contributed by atoms with van der Waals surface area (Å²) >= 11 is 0. The van der Waals surface area contributed by atoms with Crippen LogP contribution in [0.15, 0.2) is 23.8 Å². The number of rotatable bonds is 2. The van der Waals surface area contributed by atoms with Gasteiger partial charge in [0.1, 0.15) is 12.2 Å². The van der Waals surface area contributed by atoms with E-state index in [0.717, 1.165) is 18.4 Å². The van der Waals surface area contributed by atoms with E-state index < -0.39 is 29.5 Å². The molecule has 0 radical (unpaired) electrons. The molecule has 0 aliphatic heterocycles. The van der Waals surface area contributed by atoms with Crippen molar-refractivity contribution in [2.24, 2.45) is 34.5 Å². The number of carbonyl (C=O) groups excluding carboxylic acids is 2. The molecular weight excluding hydrogens is 344 g/mol. The lowest BCUT2D eigenvalue weighted by molar-refractivity contribution is -0.183. The SMILES string of the molecule is C[C@H]1C[C@@H]2[C@H]3CCC4=CC(=O)C=C[C@]4(C)[C@@H]3[C@@H](O)C[C@@]2(C)[C@]1(O)C(=O)CO. The Morgan fingerprint density at radius 2 is 2.04 bits per heavy atom. The molecule has 27 heavy (non-hydrogen) atoms. The summed E-state index contributed by atoms with van der Waals surface area (Å²) in [5.41, 5.74) is -1.62. The number of hydrogen-bond acceptors (Lipinski definition) is 5. The zero-order valence-electron chi connectivity index (χ0n) is 16.3. The van der Waals surface area contributed by atoms with E-state index in [4.69, 9.17) is 0 Å². The molecule has 0 aromatic rings. The van der Waals surface area contributed by atoms with Crippen LogP contribution >= 0.6 is 0 Å². The maximum atomic E-state index is 12.6. The molecule has 4 aliphatic rings. The largest absolute Gasteiger partial charge is 0.393 e. The van der Waals surface area contributed by atoms with Gasteiger partial charge in [-0.2, -0.15) is 0 Å². The number of Topliss-reactive ketones (excluding diaryl/α,β-unsaturated/α-hetero) is 1. The minimum atomic E-state index is -1.60. The maximum absolute atomic E-state index is 12.6. The normalized spacial score (nSPS) is 51.3. The number of aliphatic hydroxyl groups is 3. The van der Waals surface area contributed by atoms with Crippen LogP contribution in [0.4, 0.5) is 0 Å². The van der Waals surface area contributed by atoms with Gasteiger partial charge in [-0.05, 0) is 55.6 Å². The lowest BCUT2D eigenvalue weighted by Gasteiger charge is -2.59. The molecule has 0 unspecified atom stereocenters. The van der Waals surface area contributed by atoms with Crippen molar-refractivity contribution >= 4 is 11.6 Å². The molecule has 0 bridgehead atoms. The van der Waals surface area contributed by atoms with E-state index in [-0.39, 0.29) is 34.9 Å². The summed E-state index contributed by atoms with van der Waals surface area (Å²) < 4.78 is 0. The van der Waals surface area contributed by atoms with E-state index in [2.05, 4.69) is 6.92 Å². The van der Waals surface area contributed by atoms with Crippen molar-refractivity contribution in [3.63, 3.8) is 0 Å². The second-order valence-corrected chi connectivity index (χ2v) is 9.70. The van der Waals surface area contributed by atoms with E-state index in [0.29, 0.717) is 12.8 Å². The summed E-state index contributed by atoms with van der Waals surface area (Å²) in [6, 6.07) is 0. The van der Waals surface area contributed by atoms with Gasteiger partial charge in [0.05, 0.1) is 6.10 Å². The Kier molecular flexibility index (Phi) is 4.12. The number of hydrogen-bond donors (Lipinski definition) is 3. The van der Waals surface area contributed by atoms with Crippen LogP contribution in [0.5, 0.6) is 0 Å². The lowest BCUT2D eigenvalue weighted by atomic mass is 9.46. The van der Waals surface area contributed by atoms with E-state index in [9.17, 15) is 24.9 Å². The highest BCUT2D eigenvalue weighted by atomic mass is 16.3. The van der Waals surface area contributed by atoms with E-state index in [1.165, 1.54) is 0 Å². The van der Waals surface area contributed by atoms with Crippen LogP contribution in [0.25, 0.3) is 0 Å². The highest BCUT2D eigenvalue weighted by molar-refractivity contribution is 6.01. The molecule has 0 aromatic heterocycles. The van der Waals surface area contributed by atoms with Crippen molar-refractivity contribution in [1.29, 1.82) is 0 Å². The molecule has 8 atom stereocenters. The van der Waals surface area contributed by atoms with Gasteiger partial charge in [-0.3, -0.25) is 9.59 Å². The third-order valence-electron chi connectivity index (χ3n) is 8.65. The van der Waals surface area contributed by atoms with Gasteiger partial charge < -0.3 is 15.3 Å². The molecule has 3 N–H and O–H groups in total. The highest BCUT2D eigenvalue weighted by Crippen LogP contribution is 2.68. The molecule has 0 spiro atoms. The molecule has 0 aromatic carbocycles. The zero-order valence-corrected chi connectivity index (χ0v) is 16.3. The Balaban J connectivity index is 1.78. The number of ketones is 2. The summed E-state index contributed by atoms with van der Waals surface area (Å²) in [6.45, 7) is 5.23. The number of fused-ring (bicyclic) bond motifs is 5. The first kappa shape index (κ1) is 19.0. The topological polar surface area (TPSA) is 94.8 Å². The first-order chi connectivity index (χ1) is 12.6. The quantitative estimate of drug-likeness (QED) is 0.685. The second kappa shape index (κ2) is 5.85. The van der Waals surface area contributed by atoms with Crippen molar-refractivity contribution in [2.75, 3.05) is 6.61 Å². The van der Waals surface area contributed by atoms with Crippen LogP contribution in [0.3, 0.4) is 0 Å². The predicted molar refractivity (Wildman–Crippen MR) is 99.6 cm³/mol. The van der Waals surface area contributed by atoms with Gasteiger partial charge in [0, 0.05) is 16.7 Å². The van der Waals surface area contributed by atoms with Gasteiger partial charge in [0.25, 0.3) is 0 Å². The Morgan fingerprint density at radius 3 is 2.70 bits per heavy atom. The minimum Gasteiger partial charge on any atom is -0.393 e. The van der Waals surface area contributed by atoms with Crippen molar-refractivity contribution in [2.45, 2.75) is 58.2 Å². The second-order valence-electron chi connectivity index (χ2n) is 9.70. The van der Waals surface area contributed by atoms with E-state index in [1.54, 1.807) is 12.2 Å². The van der Waals surface area contributed by atoms with Crippen LogP contribution in [0.1, 0.15) is 46.5 Å². The fraction of sp³-hybridized carbons (Fsp3) is 0.727. The Bertz CT molecular complexity index is 754. The fourth-order valence-electron chi connectivity index (χ4n) is 7.37. The van der Waals surface area contributed by atoms with Gasteiger partial charge in [-0.25, -0.2) is 0 Å². The molecule has 0 amide bonds. The number of carbonyl (C=O) groups is 2. The van der Waals surface area contributed by atoms with Crippen LogP contribution < -0.4 is 0 Å². The summed E-state index contributed by atoms with van der Waals surface area (Å²) in [6.07, 6.45) is 7.30. The van der Waals surface area contributed by atoms with Gasteiger partial charge >= 0.3 is 0 Å². The number of allylic oxidation sites excluding steroid dienone is 4. The van der Waals surface area contributed by atoms with Crippen LogP contribution in [-0.2, 0) is 9.59 Å². The van der Waals surface area contributed by atoms with Crippen LogP contribution in [0, 0.1) is 34.5 Å². The fourth-order valence-corrected chi connectivity index (χ4v) is 7.37. The average Bonchev–Trinajstić information content (AvgIpc) is 2.82. The first-order valence-electron chi connectivity index (χ1n) is 10.1. The first-order valence-corrected chi connectivity index (χ1v) is 10.1. The Labute approximate surface area is 160 Å². The Morgan fingerprint density at radius 1 is 1.33 bits per heavy atom. The molecular formula is C22H30O5. The highest BCUT2D eigenvalue weighted by Gasteiger charge is 2.70. The molecule has 3 fully saturated rings. The molecule has 0 heterocycles. The third kappa shape index (κ3) is 2.22. The molecule has 4 rings (SSSR count). The van der Waals surface area contributed by atoms with Crippen LogP contribution in [0.2, 0.25) is 0 Å². The molecule has 5 heteroatoms. The molecule has 4 aliphatic carbocycles. The summed E-state index contributed by atoms with van der Waals surface area (Å²) in [5, 5.41) is 32.1.